The van der Waals surface area contributed by atoms with E-state index in [0.717, 1.165) is 10.4 Å². The molecule has 3 heteroatoms. The van der Waals surface area contributed by atoms with Gasteiger partial charge in [0, 0.05) is 4.88 Å². The maximum Gasteiger partial charge on any atom is 0.316 e. The Bertz CT molecular complexity index is 312. The Balaban J connectivity index is 3.07. The third kappa shape index (κ3) is 1.75. The molecule has 0 saturated carbocycles. The predicted octanol–water partition coefficient (Wildman–Crippen LogP) is 2.51. The monoisotopic (exact) mass is 198 g/mol. The number of rotatable bonds is 2. The van der Waals surface area contributed by atoms with Crippen molar-refractivity contribution in [1.82, 2.24) is 0 Å². The van der Waals surface area contributed by atoms with Crippen LogP contribution in [0.25, 0.3) is 0 Å². The molecule has 2 nitrogen and oxygen atoms in total. The van der Waals surface area contributed by atoms with Crippen LogP contribution in [0.3, 0.4) is 0 Å². The van der Waals surface area contributed by atoms with Gasteiger partial charge in [-0.15, -0.1) is 11.3 Å². The molecule has 0 aliphatic heterocycles. The molecule has 0 radical (unpaired) electrons. The molecule has 0 spiro atoms. The van der Waals surface area contributed by atoms with Crippen LogP contribution in [0.1, 0.15) is 24.3 Å². The van der Waals surface area contributed by atoms with Crippen molar-refractivity contribution in [2.24, 2.45) is 0 Å². The van der Waals surface area contributed by atoms with E-state index in [2.05, 4.69) is 0 Å². The molecule has 13 heavy (non-hydrogen) atoms. The lowest BCUT2D eigenvalue weighted by atomic mass is 9.89. The number of hydrogen-bond acceptors (Lipinski definition) is 3. The van der Waals surface area contributed by atoms with Gasteiger partial charge in [-0.1, -0.05) is 0 Å². The van der Waals surface area contributed by atoms with Gasteiger partial charge in [-0.2, -0.15) is 0 Å². The SMILES string of the molecule is COC(=O)C(C)(C)c1sccc1C. The number of aryl methyl sites for hydroxylation is 1. The van der Waals surface area contributed by atoms with Crippen LogP contribution in [0.2, 0.25) is 0 Å². The van der Waals surface area contributed by atoms with Crippen LogP contribution in [0.4, 0.5) is 0 Å². The largest absolute Gasteiger partial charge is 0.468 e. The maximum atomic E-state index is 11.5. The van der Waals surface area contributed by atoms with E-state index < -0.39 is 5.41 Å². The fraction of sp³-hybridized carbons (Fsp3) is 0.500. The number of carbonyl (C=O) groups excluding carboxylic acids is 1. The minimum Gasteiger partial charge on any atom is -0.468 e. The first-order valence-corrected chi connectivity index (χ1v) is 5.01. The van der Waals surface area contributed by atoms with Crippen LogP contribution in [0, 0.1) is 6.92 Å². The smallest absolute Gasteiger partial charge is 0.316 e. The zero-order valence-electron chi connectivity index (χ0n) is 8.38. The van der Waals surface area contributed by atoms with Crippen LogP contribution in [-0.2, 0) is 14.9 Å². The zero-order valence-corrected chi connectivity index (χ0v) is 9.20. The lowest BCUT2D eigenvalue weighted by Crippen LogP contribution is -2.29. The van der Waals surface area contributed by atoms with Gasteiger partial charge in [-0.3, -0.25) is 4.79 Å². The summed E-state index contributed by atoms with van der Waals surface area (Å²) in [7, 11) is 1.42. The normalized spacial score (nSPS) is 11.4. The fourth-order valence-electron chi connectivity index (χ4n) is 1.36. The van der Waals surface area contributed by atoms with Gasteiger partial charge in [0.25, 0.3) is 0 Å². The van der Waals surface area contributed by atoms with Crippen molar-refractivity contribution in [2.75, 3.05) is 7.11 Å². The number of methoxy groups -OCH3 is 1. The highest BCUT2D eigenvalue weighted by atomic mass is 32.1. The Morgan fingerprint density at radius 1 is 1.54 bits per heavy atom. The molecule has 0 N–H and O–H groups in total. The number of ether oxygens (including phenoxy) is 1. The second kappa shape index (κ2) is 3.50. The van der Waals surface area contributed by atoms with Gasteiger partial charge in [-0.25, -0.2) is 0 Å². The lowest BCUT2D eigenvalue weighted by Gasteiger charge is -2.20. The maximum absolute atomic E-state index is 11.5. The van der Waals surface area contributed by atoms with Crippen LogP contribution >= 0.6 is 11.3 Å². The summed E-state index contributed by atoms with van der Waals surface area (Å²) in [6.07, 6.45) is 0. The Kier molecular flexibility index (Phi) is 2.76. The highest BCUT2D eigenvalue weighted by Gasteiger charge is 2.33. The van der Waals surface area contributed by atoms with E-state index in [1.54, 1.807) is 11.3 Å². The molecule has 0 bridgehead atoms. The van der Waals surface area contributed by atoms with Crippen molar-refractivity contribution < 1.29 is 9.53 Å². The number of hydrogen-bond donors (Lipinski definition) is 0. The van der Waals surface area contributed by atoms with Crippen molar-refractivity contribution in [1.29, 1.82) is 0 Å². The molecule has 72 valence electrons. The topological polar surface area (TPSA) is 26.3 Å². The molecule has 1 heterocycles. The summed E-state index contributed by atoms with van der Waals surface area (Å²) in [6.45, 7) is 5.78. The van der Waals surface area contributed by atoms with Gasteiger partial charge in [0.1, 0.15) is 0 Å². The first-order chi connectivity index (χ1) is 6.00. The second-order valence-electron chi connectivity index (χ2n) is 3.55. The third-order valence-corrected chi connectivity index (χ3v) is 3.47. The van der Waals surface area contributed by atoms with Gasteiger partial charge in [0.05, 0.1) is 12.5 Å². The summed E-state index contributed by atoms with van der Waals surface area (Å²) < 4.78 is 4.76. The molecule has 0 fully saturated rings. The van der Waals surface area contributed by atoms with Crippen LogP contribution in [-0.4, -0.2) is 13.1 Å². The highest BCUT2D eigenvalue weighted by molar-refractivity contribution is 7.10. The van der Waals surface area contributed by atoms with E-state index in [-0.39, 0.29) is 5.97 Å². The van der Waals surface area contributed by atoms with Crippen molar-refractivity contribution in [3.8, 4) is 0 Å². The van der Waals surface area contributed by atoms with Crippen LogP contribution in [0.5, 0.6) is 0 Å². The molecule has 0 saturated heterocycles. The van der Waals surface area contributed by atoms with Gasteiger partial charge >= 0.3 is 5.97 Å². The van der Waals surface area contributed by atoms with E-state index in [9.17, 15) is 4.79 Å². The molecule has 1 aromatic heterocycles. The van der Waals surface area contributed by atoms with Gasteiger partial charge in [0.15, 0.2) is 0 Å². The molecule has 0 unspecified atom stereocenters. The first-order valence-electron chi connectivity index (χ1n) is 4.13. The number of esters is 1. The standard InChI is InChI=1S/C10H14O2S/c1-7-5-6-13-8(7)10(2,3)9(11)12-4/h5-6H,1-4H3. The summed E-state index contributed by atoms with van der Waals surface area (Å²) >= 11 is 1.60. The minimum atomic E-state index is -0.521. The van der Waals surface area contributed by atoms with Crippen molar-refractivity contribution in [3.63, 3.8) is 0 Å². The van der Waals surface area contributed by atoms with Gasteiger partial charge in [-0.05, 0) is 37.8 Å². The first kappa shape index (κ1) is 10.3. The quantitative estimate of drug-likeness (QED) is 0.682. The summed E-state index contributed by atoms with van der Waals surface area (Å²) in [5.74, 6) is -0.182. The van der Waals surface area contributed by atoms with Crippen molar-refractivity contribution >= 4 is 17.3 Å². The van der Waals surface area contributed by atoms with Crippen LogP contribution < -0.4 is 0 Å². The molecule has 0 amide bonds. The van der Waals surface area contributed by atoms with Crippen molar-refractivity contribution in [3.05, 3.63) is 21.9 Å². The number of thiophene rings is 1. The molecule has 0 atom stereocenters. The summed E-state index contributed by atoms with van der Waals surface area (Å²) in [4.78, 5) is 12.6. The van der Waals surface area contributed by atoms with E-state index >= 15 is 0 Å². The average molecular weight is 198 g/mol. The van der Waals surface area contributed by atoms with E-state index in [1.807, 2.05) is 32.2 Å². The highest BCUT2D eigenvalue weighted by Crippen LogP contribution is 2.31. The lowest BCUT2D eigenvalue weighted by molar-refractivity contribution is -0.146. The molecular formula is C10H14O2S. The van der Waals surface area contributed by atoms with E-state index in [4.69, 9.17) is 4.74 Å². The minimum absolute atomic E-state index is 0.182. The third-order valence-electron chi connectivity index (χ3n) is 2.13. The van der Waals surface area contributed by atoms with E-state index in [1.165, 1.54) is 7.11 Å². The summed E-state index contributed by atoms with van der Waals surface area (Å²) in [6, 6.07) is 2.02. The number of carbonyl (C=O) groups is 1. The molecule has 1 aromatic rings. The predicted molar refractivity (Wildman–Crippen MR) is 54.1 cm³/mol. The summed E-state index contributed by atoms with van der Waals surface area (Å²) in [5, 5.41) is 2.00. The molecule has 1 rings (SSSR count). The van der Waals surface area contributed by atoms with Gasteiger partial charge in [0.2, 0.25) is 0 Å². The Morgan fingerprint density at radius 3 is 2.54 bits per heavy atom. The molecular weight excluding hydrogens is 184 g/mol. The Labute approximate surface area is 82.5 Å². The van der Waals surface area contributed by atoms with Crippen molar-refractivity contribution in [2.45, 2.75) is 26.2 Å². The molecule has 0 aliphatic rings. The Hall–Kier alpha value is -0.830. The second-order valence-corrected chi connectivity index (χ2v) is 4.47. The Morgan fingerprint density at radius 2 is 2.15 bits per heavy atom. The zero-order chi connectivity index (χ0) is 10.1. The molecule has 0 aromatic carbocycles. The van der Waals surface area contributed by atoms with Crippen LogP contribution in [0.15, 0.2) is 11.4 Å². The average Bonchev–Trinajstić information content (AvgIpc) is 2.50. The molecule has 0 aliphatic carbocycles. The van der Waals surface area contributed by atoms with E-state index in [0.29, 0.717) is 0 Å². The van der Waals surface area contributed by atoms with Gasteiger partial charge < -0.3 is 4.74 Å². The fourth-order valence-corrected chi connectivity index (χ4v) is 2.40. The summed E-state index contributed by atoms with van der Waals surface area (Å²) in [5.41, 5.74) is 0.632.